The number of unbranched alkanes of at least 4 members (excludes halogenated alkanes) is 5. The van der Waals surface area contributed by atoms with Gasteiger partial charge < -0.3 is 0 Å². The molecule has 0 radical (unpaired) electrons. The van der Waals surface area contributed by atoms with Gasteiger partial charge in [0.25, 0.3) is 0 Å². The van der Waals surface area contributed by atoms with Crippen LogP contribution in [0, 0.1) is 0 Å². The molecule has 0 saturated heterocycles. The van der Waals surface area contributed by atoms with Crippen LogP contribution < -0.4 is 0 Å². The molecule has 3 heteroatoms. The molecule has 2 rings (SSSR count). The molecular weight excluding hydrogens is 336 g/mol. The number of hydrogen-bond donors (Lipinski definition) is 0. The van der Waals surface area contributed by atoms with E-state index in [1.165, 1.54) is 63.4 Å². The van der Waals surface area contributed by atoms with Gasteiger partial charge in [0.2, 0.25) is 0 Å². The van der Waals surface area contributed by atoms with Crippen LogP contribution in [0.3, 0.4) is 0 Å². The highest BCUT2D eigenvalue weighted by Crippen LogP contribution is 2.35. The van der Waals surface area contributed by atoms with E-state index in [1.54, 1.807) is 0 Å². The Bertz CT molecular complexity index is 484. The lowest BCUT2D eigenvalue weighted by molar-refractivity contribution is 0.609. The molecule has 0 saturated carbocycles. The fourth-order valence-electron chi connectivity index (χ4n) is 2.17. The molecule has 0 bridgehead atoms. The molecule has 104 valence electrons. The summed E-state index contributed by atoms with van der Waals surface area (Å²) < 4.78 is 1.22. The van der Waals surface area contributed by atoms with Crippen LogP contribution in [0.4, 0.5) is 0 Å². The van der Waals surface area contributed by atoms with Crippen LogP contribution in [0.5, 0.6) is 0 Å². The second-order valence-corrected chi connectivity index (χ2v) is 8.52. The summed E-state index contributed by atoms with van der Waals surface area (Å²) in [6.45, 7) is 2.27. The molecule has 2 aromatic rings. The van der Waals surface area contributed by atoms with E-state index in [4.69, 9.17) is 0 Å². The van der Waals surface area contributed by atoms with Crippen LogP contribution in [0.15, 0.2) is 28.1 Å². The Hall–Kier alpha value is -0.120. The average Bonchev–Trinajstić information content (AvgIpc) is 3.02. The lowest BCUT2D eigenvalue weighted by Crippen LogP contribution is -1.82. The van der Waals surface area contributed by atoms with Gasteiger partial charge in [-0.3, -0.25) is 0 Å². The van der Waals surface area contributed by atoms with Crippen LogP contribution in [-0.2, 0) is 6.42 Å². The molecule has 2 heterocycles. The van der Waals surface area contributed by atoms with E-state index in [1.807, 2.05) is 22.7 Å². The fourth-order valence-corrected chi connectivity index (χ4v) is 4.70. The Balaban J connectivity index is 1.75. The van der Waals surface area contributed by atoms with Gasteiger partial charge in [0.05, 0.1) is 3.79 Å². The molecule has 0 aliphatic rings. The Labute approximate surface area is 133 Å². The quantitative estimate of drug-likeness (QED) is 0.440. The average molecular weight is 357 g/mol. The minimum atomic E-state index is 1.22. The summed E-state index contributed by atoms with van der Waals surface area (Å²) in [5.74, 6) is 0. The number of aryl methyl sites for hydroxylation is 1. The van der Waals surface area contributed by atoms with Crippen molar-refractivity contribution < 1.29 is 0 Å². The first kappa shape index (κ1) is 15.3. The number of halogens is 1. The number of thiophene rings is 2. The fraction of sp³-hybridized carbons (Fsp3) is 0.500. The molecule has 2 aromatic heterocycles. The minimum absolute atomic E-state index is 1.22. The molecule has 0 N–H and O–H groups in total. The smallest absolute Gasteiger partial charge is 0.0705 e. The zero-order chi connectivity index (χ0) is 13.5. The predicted molar refractivity (Wildman–Crippen MR) is 92.4 cm³/mol. The molecule has 19 heavy (non-hydrogen) atoms. The highest BCUT2D eigenvalue weighted by atomic mass is 79.9. The molecule has 0 spiro atoms. The van der Waals surface area contributed by atoms with Crippen LogP contribution in [-0.4, -0.2) is 0 Å². The van der Waals surface area contributed by atoms with Gasteiger partial charge in [-0.05, 0) is 53.0 Å². The van der Waals surface area contributed by atoms with E-state index in [-0.39, 0.29) is 0 Å². The van der Waals surface area contributed by atoms with Gasteiger partial charge in [-0.25, -0.2) is 0 Å². The molecule has 0 amide bonds. The molecule has 0 atom stereocenters. The maximum Gasteiger partial charge on any atom is 0.0705 e. The number of hydrogen-bond acceptors (Lipinski definition) is 2. The standard InChI is InChI=1S/C16H21BrS2/c1-2-3-4-5-6-7-8-13-9-10-14(18-13)15-11-12-16(17)19-15/h9-12H,2-8H2,1H3. The minimum Gasteiger partial charge on any atom is -0.139 e. The van der Waals surface area contributed by atoms with Crippen molar-refractivity contribution in [2.75, 3.05) is 0 Å². The topological polar surface area (TPSA) is 0 Å². The summed E-state index contributed by atoms with van der Waals surface area (Å²) in [6, 6.07) is 8.91. The molecule has 0 aromatic carbocycles. The van der Waals surface area contributed by atoms with Gasteiger partial charge in [0.15, 0.2) is 0 Å². The second kappa shape index (κ2) is 8.23. The first-order chi connectivity index (χ1) is 9.29. The Morgan fingerprint density at radius 3 is 2.26 bits per heavy atom. The lowest BCUT2D eigenvalue weighted by atomic mass is 10.1. The van der Waals surface area contributed by atoms with Crippen molar-refractivity contribution in [2.45, 2.75) is 51.9 Å². The van der Waals surface area contributed by atoms with Gasteiger partial charge in [-0.2, -0.15) is 0 Å². The van der Waals surface area contributed by atoms with Crippen LogP contribution in [0.2, 0.25) is 0 Å². The van der Waals surface area contributed by atoms with Crippen LogP contribution in [0.25, 0.3) is 9.75 Å². The predicted octanol–water partition coefficient (Wildman–Crippen LogP) is 7.14. The number of rotatable bonds is 8. The van der Waals surface area contributed by atoms with Crippen molar-refractivity contribution in [3.63, 3.8) is 0 Å². The summed E-state index contributed by atoms with van der Waals surface area (Å²) in [6.07, 6.45) is 9.54. The van der Waals surface area contributed by atoms with Crippen molar-refractivity contribution in [1.29, 1.82) is 0 Å². The Morgan fingerprint density at radius 1 is 0.842 bits per heavy atom. The van der Waals surface area contributed by atoms with E-state index in [2.05, 4.69) is 47.1 Å². The van der Waals surface area contributed by atoms with Gasteiger partial charge in [0, 0.05) is 14.6 Å². The van der Waals surface area contributed by atoms with Crippen molar-refractivity contribution in [3.05, 3.63) is 32.9 Å². The van der Waals surface area contributed by atoms with E-state index in [9.17, 15) is 0 Å². The van der Waals surface area contributed by atoms with E-state index < -0.39 is 0 Å². The third kappa shape index (κ3) is 5.05. The lowest BCUT2D eigenvalue weighted by Gasteiger charge is -1.99. The van der Waals surface area contributed by atoms with Crippen molar-refractivity contribution >= 4 is 38.6 Å². The van der Waals surface area contributed by atoms with E-state index in [0.717, 1.165) is 0 Å². The summed E-state index contributed by atoms with van der Waals surface area (Å²) in [4.78, 5) is 4.33. The molecular formula is C16H21BrS2. The molecule has 0 unspecified atom stereocenters. The van der Waals surface area contributed by atoms with E-state index in [0.29, 0.717) is 0 Å². The summed E-state index contributed by atoms with van der Waals surface area (Å²) in [5.41, 5.74) is 0. The first-order valence-corrected chi connectivity index (χ1v) is 9.56. The Kier molecular flexibility index (Phi) is 6.62. The highest BCUT2D eigenvalue weighted by molar-refractivity contribution is 9.11. The van der Waals surface area contributed by atoms with E-state index >= 15 is 0 Å². The van der Waals surface area contributed by atoms with Gasteiger partial charge in [-0.15, -0.1) is 22.7 Å². The van der Waals surface area contributed by atoms with Crippen molar-refractivity contribution in [1.82, 2.24) is 0 Å². The summed E-state index contributed by atoms with van der Waals surface area (Å²) >= 11 is 7.31. The van der Waals surface area contributed by atoms with Gasteiger partial charge in [-0.1, -0.05) is 39.0 Å². The SMILES string of the molecule is CCCCCCCCc1ccc(-c2ccc(Br)s2)s1. The van der Waals surface area contributed by atoms with Crippen molar-refractivity contribution in [2.24, 2.45) is 0 Å². The summed E-state index contributed by atoms with van der Waals surface area (Å²) in [7, 11) is 0. The maximum atomic E-state index is 3.53. The molecule has 0 aliphatic carbocycles. The second-order valence-electron chi connectivity index (χ2n) is 4.89. The highest BCUT2D eigenvalue weighted by Gasteiger charge is 2.05. The normalized spacial score (nSPS) is 11.1. The monoisotopic (exact) mass is 356 g/mol. The zero-order valence-electron chi connectivity index (χ0n) is 11.5. The summed E-state index contributed by atoms with van der Waals surface area (Å²) in [5, 5.41) is 0. The van der Waals surface area contributed by atoms with Crippen LogP contribution in [0.1, 0.15) is 50.3 Å². The van der Waals surface area contributed by atoms with Crippen LogP contribution >= 0.6 is 38.6 Å². The van der Waals surface area contributed by atoms with Gasteiger partial charge >= 0.3 is 0 Å². The molecule has 0 aliphatic heterocycles. The largest absolute Gasteiger partial charge is 0.139 e. The molecule has 0 nitrogen and oxygen atoms in total. The van der Waals surface area contributed by atoms with Gasteiger partial charge in [0.1, 0.15) is 0 Å². The third-order valence-corrected chi connectivity index (χ3v) is 6.22. The molecule has 0 fully saturated rings. The first-order valence-electron chi connectivity index (χ1n) is 7.14. The third-order valence-electron chi connectivity index (χ3n) is 3.25. The maximum absolute atomic E-state index is 3.53. The van der Waals surface area contributed by atoms with Crippen molar-refractivity contribution in [3.8, 4) is 9.75 Å². The zero-order valence-corrected chi connectivity index (χ0v) is 14.7. The Morgan fingerprint density at radius 2 is 1.53 bits per heavy atom.